The molecule has 4 rings (SSSR count). The molecule has 0 aliphatic heterocycles. The molecule has 4 aromatic rings. The van der Waals surface area contributed by atoms with Gasteiger partial charge in [-0.2, -0.15) is 0 Å². The van der Waals surface area contributed by atoms with Gasteiger partial charge in [0.05, 0.1) is 0 Å². The maximum Gasteiger partial charge on any atom is 0.346 e. The van der Waals surface area contributed by atoms with Gasteiger partial charge in [0.25, 0.3) is 0 Å². The smallest absolute Gasteiger partial charge is 0.346 e. The normalized spacial score (nSPS) is 11.0. The summed E-state index contributed by atoms with van der Waals surface area (Å²) in [5, 5.41) is 0.671. The molecule has 4 nitrogen and oxygen atoms in total. The maximum absolute atomic E-state index is 13.8. The molecular formula is C24H8F8O4. The van der Waals surface area contributed by atoms with Crippen molar-refractivity contribution in [2.24, 2.45) is 0 Å². The Morgan fingerprint density at radius 1 is 0.472 bits per heavy atom. The monoisotopic (exact) mass is 512 g/mol. The lowest BCUT2D eigenvalue weighted by Gasteiger charge is -2.10. The molecule has 36 heavy (non-hydrogen) atoms. The van der Waals surface area contributed by atoms with Crippen molar-refractivity contribution in [3.63, 3.8) is 0 Å². The van der Waals surface area contributed by atoms with Crippen LogP contribution in [0.25, 0.3) is 10.8 Å². The Kier molecular flexibility index (Phi) is 6.35. The Morgan fingerprint density at radius 2 is 0.861 bits per heavy atom. The van der Waals surface area contributed by atoms with Gasteiger partial charge in [0.15, 0.2) is 46.5 Å². The summed E-state index contributed by atoms with van der Waals surface area (Å²) in [5.74, 6) is -19.8. The van der Waals surface area contributed by atoms with E-state index in [4.69, 9.17) is 9.47 Å². The van der Waals surface area contributed by atoms with E-state index >= 15 is 0 Å². The summed E-state index contributed by atoms with van der Waals surface area (Å²) in [4.78, 5) is 24.3. The van der Waals surface area contributed by atoms with Crippen molar-refractivity contribution in [3.05, 3.63) is 106 Å². The van der Waals surface area contributed by atoms with Crippen LogP contribution in [0.1, 0.15) is 20.7 Å². The van der Waals surface area contributed by atoms with Crippen LogP contribution in [0.15, 0.2) is 48.5 Å². The van der Waals surface area contributed by atoms with Gasteiger partial charge in [-0.25, -0.2) is 44.7 Å². The van der Waals surface area contributed by atoms with E-state index in [1.54, 1.807) is 0 Å². The van der Waals surface area contributed by atoms with Crippen molar-refractivity contribution >= 4 is 22.7 Å². The van der Waals surface area contributed by atoms with Gasteiger partial charge in [0.2, 0.25) is 0 Å². The second-order valence-corrected chi connectivity index (χ2v) is 7.15. The number of esters is 2. The van der Waals surface area contributed by atoms with Gasteiger partial charge in [-0.05, 0) is 47.2 Å². The van der Waals surface area contributed by atoms with Crippen LogP contribution >= 0.6 is 0 Å². The van der Waals surface area contributed by atoms with Crippen LogP contribution in [0.2, 0.25) is 0 Å². The van der Waals surface area contributed by atoms with Crippen molar-refractivity contribution < 1.29 is 54.2 Å². The van der Waals surface area contributed by atoms with Crippen molar-refractivity contribution in [1.82, 2.24) is 0 Å². The predicted octanol–water partition coefficient (Wildman–Crippen LogP) is 6.39. The van der Waals surface area contributed by atoms with Gasteiger partial charge in [-0.3, -0.25) is 0 Å². The molecule has 0 radical (unpaired) electrons. The molecule has 0 amide bonds. The summed E-state index contributed by atoms with van der Waals surface area (Å²) in [5.41, 5.74) is -2.43. The van der Waals surface area contributed by atoms with Crippen molar-refractivity contribution in [2.75, 3.05) is 0 Å². The fourth-order valence-corrected chi connectivity index (χ4v) is 3.10. The van der Waals surface area contributed by atoms with E-state index in [2.05, 4.69) is 0 Å². The molecule has 0 aliphatic carbocycles. The van der Waals surface area contributed by atoms with Crippen molar-refractivity contribution in [3.8, 4) is 11.5 Å². The summed E-state index contributed by atoms with van der Waals surface area (Å²) >= 11 is 0. The Hall–Kier alpha value is -4.48. The van der Waals surface area contributed by atoms with E-state index in [1.807, 2.05) is 0 Å². The van der Waals surface area contributed by atoms with E-state index in [1.165, 1.54) is 24.3 Å². The average Bonchev–Trinajstić information content (AvgIpc) is 2.85. The summed E-state index contributed by atoms with van der Waals surface area (Å²) in [6.45, 7) is 0. The maximum atomic E-state index is 13.8. The first-order valence-corrected chi connectivity index (χ1v) is 9.62. The van der Waals surface area contributed by atoms with E-state index in [9.17, 15) is 44.7 Å². The minimum atomic E-state index is -2.20. The zero-order valence-corrected chi connectivity index (χ0v) is 17.3. The lowest BCUT2D eigenvalue weighted by molar-refractivity contribution is 0.0718. The fraction of sp³-hybridized carbons (Fsp3) is 0. The lowest BCUT2D eigenvalue weighted by atomic mass is 10.1. The Bertz CT molecular complexity index is 1460. The zero-order valence-electron chi connectivity index (χ0n) is 17.3. The average molecular weight is 512 g/mol. The van der Waals surface area contributed by atoms with E-state index in [0.717, 1.165) is 12.1 Å². The molecule has 0 aliphatic rings. The molecule has 4 aromatic carbocycles. The van der Waals surface area contributed by atoms with Crippen LogP contribution in [-0.2, 0) is 0 Å². The van der Waals surface area contributed by atoms with Gasteiger partial charge in [0.1, 0.15) is 22.6 Å². The third kappa shape index (κ3) is 4.44. The largest absolute Gasteiger partial charge is 0.423 e. The second-order valence-electron chi connectivity index (χ2n) is 7.15. The van der Waals surface area contributed by atoms with E-state index in [0.29, 0.717) is 5.39 Å². The van der Waals surface area contributed by atoms with Crippen LogP contribution < -0.4 is 9.47 Å². The highest BCUT2D eigenvalue weighted by Crippen LogP contribution is 2.28. The van der Waals surface area contributed by atoms with Crippen molar-refractivity contribution in [1.29, 1.82) is 0 Å². The Labute approximate surface area is 195 Å². The molecule has 0 saturated heterocycles. The molecule has 0 atom stereocenters. The van der Waals surface area contributed by atoms with Gasteiger partial charge in [-0.15, -0.1) is 0 Å². The van der Waals surface area contributed by atoms with E-state index < -0.39 is 69.6 Å². The Balaban J connectivity index is 1.60. The number of benzene rings is 4. The SMILES string of the molecule is O=C(Oc1ccc2ccc(OC(=O)c3cc(F)c(F)c(F)c3F)cc2c1)c1cc(F)c(F)c(F)c1F. The van der Waals surface area contributed by atoms with E-state index in [-0.39, 0.29) is 29.0 Å². The number of carbonyl (C=O) groups is 2. The summed E-state index contributed by atoms with van der Waals surface area (Å²) < 4.78 is 117. The molecule has 0 fully saturated rings. The third-order valence-electron chi connectivity index (χ3n) is 4.85. The Morgan fingerprint density at radius 3 is 1.25 bits per heavy atom. The van der Waals surface area contributed by atoms with Gasteiger partial charge < -0.3 is 9.47 Å². The molecule has 0 unspecified atom stereocenters. The van der Waals surface area contributed by atoms with Crippen LogP contribution in [0.3, 0.4) is 0 Å². The quantitative estimate of drug-likeness (QED) is 0.105. The highest BCUT2D eigenvalue weighted by molar-refractivity contribution is 5.94. The molecule has 0 spiro atoms. The van der Waals surface area contributed by atoms with Crippen molar-refractivity contribution in [2.45, 2.75) is 0 Å². The summed E-state index contributed by atoms with van der Waals surface area (Å²) in [7, 11) is 0. The minimum Gasteiger partial charge on any atom is -0.423 e. The number of ether oxygens (including phenoxy) is 2. The number of hydrogen-bond acceptors (Lipinski definition) is 4. The topological polar surface area (TPSA) is 52.6 Å². The van der Waals surface area contributed by atoms with Crippen LogP contribution in [0.5, 0.6) is 11.5 Å². The van der Waals surface area contributed by atoms with Gasteiger partial charge in [-0.1, -0.05) is 12.1 Å². The predicted molar refractivity (Wildman–Crippen MR) is 106 cm³/mol. The molecule has 0 saturated carbocycles. The number of carbonyl (C=O) groups excluding carboxylic acids is 2. The highest BCUT2D eigenvalue weighted by Gasteiger charge is 2.26. The van der Waals surface area contributed by atoms with Crippen LogP contribution in [-0.4, -0.2) is 11.9 Å². The molecule has 184 valence electrons. The highest BCUT2D eigenvalue weighted by atomic mass is 19.2. The first-order valence-electron chi connectivity index (χ1n) is 9.62. The lowest BCUT2D eigenvalue weighted by Crippen LogP contribution is -2.14. The first-order chi connectivity index (χ1) is 17.0. The van der Waals surface area contributed by atoms with Gasteiger partial charge in [0, 0.05) is 0 Å². The van der Waals surface area contributed by atoms with Gasteiger partial charge >= 0.3 is 11.9 Å². The van der Waals surface area contributed by atoms with Crippen LogP contribution in [0.4, 0.5) is 35.1 Å². The third-order valence-corrected chi connectivity index (χ3v) is 4.85. The standard InChI is InChI=1S/C24H8F8O4/c25-15-7-13(17(27)21(31)19(15)29)23(33)35-11-3-1-9-2-4-12(6-10(9)5-11)36-24(34)14-8-16(26)20(30)22(32)18(14)28/h1-8H. The molecule has 0 N–H and O–H groups in total. The molecule has 0 aromatic heterocycles. The first kappa shape index (κ1) is 24.6. The number of rotatable bonds is 4. The molecule has 12 heteroatoms. The molecule has 0 heterocycles. The molecule has 0 bridgehead atoms. The number of halogens is 8. The number of hydrogen-bond donors (Lipinski definition) is 0. The summed E-state index contributed by atoms with van der Waals surface area (Å²) in [6, 6.07) is 7.78. The number of fused-ring (bicyclic) bond motifs is 1. The molecular weight excluding hydrogens is 504 g/mol. The van der Waals surface area contributed by atoms with Crippen LogP contribution in [0, 0.1) is 46.5 Å². The summed E-state index contributed by atoms with van der Waals surface area (Å²) in [6.07, 6.45) is 0. The second kappa shape index (κ2) is 9.29. The zero-order chi connectivity index (χ0) is 26.3. The fourth-order valence-electron chi connectivity index (χ4n) is 3.10. The minimum absolute atomic E-state index is 0.120.